The predicted octanol–water partition coefficient (Wildman–Crippen LogP) is 20.1. The van der Waals surface area contributed by atoms with Crippen molar-refractivity contribution in [3.8, 4) is 17.2 Å². The number of carbonyl (C=O) groups excluding carboxylic acids is 3. The molecule has 74 heavy (non-hydrogen) atoms. The first kappa shape index (κ1) is 65.7. The number of hydrogen-bond acceptors (Lipinski definition) is 10. The molecule has 416 valence electrons. The average Bonchev–Trinajstić information content (AvgIpc) is 3.39. The third kappa shape index (κ3) is 34.9. The van der Waals surface area contributed by atoms with Gasteiger partial charge in [0, 0.05) is 11.5 Å². The van der Waals surface area contributed by atoms with Crippen molar-refractivity contribution in [3.63, 3.8) is 0 Å². The van der Waals surface area contributed by atoms with Gasteiger partial charge in [0.25, 0.3) is 0 Å². The summed E-state index contributed by atoms with van der Waals surface area (Å²) in [6.07, 6.45) is 42.8. The van der Waals surface area contributed by atoms with Crippen molar-refractivity contribution in [2.75, 3.05) is 18.1 Å². The molecule has 3 aromatic carbocycles. The van der Waals surface area contributed by atoms with Gasteiger partial charge in [-0.3, -0.25) is 14.4 Å². The molecule has 0 saturated heterocycles. The summed E-state index contributed by atoms with van der Waals surface area (Å²) in [4.78, 5) is 38.9. The lowest BCUT2D eigenvalue weighted by Gasteiger charge is -2.20. The highest BCUT2D eigenvalue weighted by Gasteiger charge is 2.23. The first-order chi connectivity index (χ1) is 36.2. The maximum Gasteiger partial charge on any atom is 0.313 e. The number of carbonyl (C=O) groups is 3. The van der Waals surface area contributed by atoms with E-state index in [9.17, 15) is 14.4 Å². The predicted molar refractivity (Wildman–Crippen MR) is 322 cm³/mol. The maximum atomic E-state index is 13.0. The number of esters is 3. The van der Waals surface area contributed by atoms with Crippen molar-refractivity contribution in [1.82, 2.24) is 0 Å². The number of unbranched alkanes of at least 4 members (excludes halogenated alkanes) is 27. The average molecular weight is 1100 g/mol. The molecular formula is C63H99O7PS3. The van der Waals surface area contributed by atoms with Crippen molar-refractivity contribution in [1.29, 1.82) is 0 Å². The van der Waals surface area contributed by atoms with Gasteiger partial charge in [-0.05, 0) is 103 Å². The molecule has 0 aromatic heterocycles. The largest absolute Gasteiger partial charge is 0.427 e. The molecule has 0 unspecified atom stereocenters. The molecule has 0 N–H and O–H groups in total. The van der Waals surface area contributed by atoms with Crippen LogP contribution in [0, 0.1) is 0 Å². The first-order valence-corrected chi connectivity index (χ1v) is 35.5. The van der Waals surface area contributed by atoms with Crippen LogP contribution in [0.15, 0.2) is 72.8 Å². The van der Waals surface area contributed by atoms with Gasteiger partial charge in [0.15, 0.2) is 4.67 Å². The topological polar surface area (TPSA) is 88.1 Å². The van der Waals surface area contributed by atoms with Crippen LogP contribution in [0.3, 0.4) is 0 Å². The normalized spacial score (nSPS) is 11.5. The summed E-state index contributed by atoms with van der Waals surface area (Å²) in [6, 6.07) is 23.5. The van der Waals surface area contributed by atoms with Crippen LogP contribution in [0.1, 0.15) is 249 Å². The van der Waals surface area contributed by atoms with Crippen LogP contribution in [0.2, 0.25) is 0 Å². The molecule has 0 heterocycles. The van der Waals surface area contributed by atoms with Crippen LogP contribution in [-0.4, -0.2) is 36.0 Å². The molecule has 3 rings (SSSR count). The van der Waals surface area contributed by atoms with Gasteiger partial charge in [0.1, 0.15) is 17.2 Å². The minimum atomic E-state index is -2.69. The second-order valence-electron chi connectivity index (χ2n) is 20.3. The lowest BCUT2D eigenvalue weighted by Crippen LogP contribution is -2.11. The quantitative estimate of drug-likeness (QED) is 0.0236. The minimum absolute atomic E-state index is 0.0221. The van der Waals surface area contributed by atoms with Crippen molar-refractivity contribution >= 4 is 57.1 Å². The van der Waals surface area contributed by atoms with Gasteiger partial charge in [-0.15, -0.1) is 0 Å². The maximum absolute atomic E-state index is 13.0. The standard InChI is InChI=1S/C63H99O7PS3/c1-4-7-10-13-16-19-22-25-28-31-34-55-37-43-58(44-38-55)68-61(64)49-52-67-71(72,73-53-50-62(65)69-59-45-39-56(40-46-59)35-32-29-26-23-20-17-14-11-8-5-2)74-54-51-63(66)70-60-47-41-57(42-48-60)36-33-30-27-24-21-18-15-12-9-6-3/h37-48H,4-36,49-54H2,1-3H3. The molecular weight excluding hydrogens is 996 g/mol. The fraction of sp³-hybridized carbons (Fsp3) is 0.667. The number of hydrogen-bond donors (Lipinski definition) is 0. The van der Waals surface area contributed by atoms with Crippen LogP contribution in [0.25, 0.3) is 0 Å². The molecule has 0 amide bonds. The minimum Gasteiger partial charge on any atom is -0.427 e. The summed E-state index contributed by atoms with van der Waals surface area (Å²) in [5, 5.41) is 0. The van der Waals surface area contributed by atoms with Crippen molar-refractivity contribution < 1.29 is 33.1 Å². The molecule has 0 saturated carbocycles. The SMILES string of the molecule is CCCCCCCCCCCCc1ccc(OC(=O)CCOP(=S)(SCCC(=O)Oc2ccc(CCCCCCCCCCCC)cc2)SCCC(=O)Oc2ccc(CCCCCCCCCCCC)cc2)cc1. The fourth-order valence-corrected chi connectivity index (χ4v) is 17.1. The Kier molecular flexibility index (Phi) is 39.4. The number of rotatable bonds is 48. The third-order valence-corrected chi connectivity index (χ3v) is 23.2. The monoisotopic (exact) mass is 1090 g/mol. The van der Waals surface area contributed by atoms with Crippen LogP contribution < -0.4 is 14.2 Å². The molecule has 0 fully saturated rings. The highest BCUT2D eigenvalue weighted by Crippen LogP contribution is 2.70. The van der Waals surface area contributed by atoms with E-state index in [1.807, 2.05) is 48.5 Å². The highest BCUT2D eigenvalue weighted by atomic mass is 33.2. The van der Waals surface area contributed by atoms with Gasteiger partial charge in [0.2, 0.25) is 0 Å². The number of benzene rings is 3. The second-order valence-corrected chi connectivity index (χ2v) is 31.1. The summed E-state index contributed by atoms with van der Waals surface area (Å²) in [6.45, 7) is 6.86. The van der Waals surface area contributed by atoms with Crippen LogP contribution >= 0.6 is 27.4 Å². The molecule has 0 bridgehead atoms. The van der Waals surface area contributed by atoms with E-state index in [1.54, 1.807) is 0 Å². The first-order valence-electron chi connectivity index (χ1n) is 29.6. The molecule has 0 radical (unpaired) electrons. The third-order valence-electron chi connectivity index (χ3n) is 13.6. The molecule has 0 spiro atoms. The molecule has 3 aromatic rings. The summed E-state index contributed by atoms with van der Waals surface area (Å²) < 4.78 is 20.7. The van der Waals surface area contributed by atoms with E-state index in [2.05, 4.69) is 45.0 Å². The summed E-state index contributed by atoms with van der Waals surface area (Å²) in [5.41, 5.74) is 3.75. The van der Waals surface area contributed by atoms with Crippen LogP contribution in [0.4, 0.5) is 0 Å². The Bertz CT molecular complexity index is 1690. The van der Waals surface area contributed by atoms with Crippen LogP contribution in [0.5, 0.6) is 17.2 Å². The molecule has 0 aliphatic rings. The van der Waals surface area contributed by atoms with Gasteiger partial charge in [-0.1, -0.05) is 253 Å². The van der Waals surface area contributed by atoms with E-state index in [4.69, 9.17) is 30.5 Å². The van der Waals surface area contributed by atoms with Gasteiger partial charge in [-0.2, -0.15) is 0 Å². The molecule has 0 aliphatic heterocycles. The van der Waals surface area contributed by atoms with Gasteiger partial charge in [0.05, 0.1) is 25.9 Å². The summed E-state index contributed by atoms with van der Waals surface area (Å²) in [7, 11) is 0. The fourth-order valence-electron chi connectivity index (χ4n) is 9.00. The zero-order chi connectivity index (χ0) is 53.0. The lowest BCUT2D eigenvalue weighted by atomic mass is 10.0. The Morgan fingerprint density at radius 3 is 0.878 bits per heavy atom. The van der Waals surface area contributed by atoms with Gasteiger partial charge in [-0.25, -0.2) is 0 Å². The molecule has 7 nitrogen and oxygen atoms in total. The zero-order valence-corrected chi connectivity index (χ0v) is 49.9. The van der Waals surface area contributed by atoms with Gasteiger partial charge < -0.3 is 18.7 Å². The molecule has 0 atom stereocenters. The summed E-state index contributed by atoms with van der Waals surface area (Å²) in [5.74, 6) is 1.24. The van der Waals surface area contributed by atoms with E-state index < -0.39 is 10.6 Å². The second kappa shape index (κ2) is 44.4. The highest BCUT2D eigenvalue weighted by molar-refractivity contribution is 8.99. The Hall–Kier alpha value is -2.62. The number of aryl methyl sites for hydroxylation is 3. The Balaban J connectivity index is 1.42. The van der Waals surface area contributed by atoms with E-state index in [0.717, 1.165) is 25.7 Å². The number of ether oxygens (including phenoxy) is 3. The van der Waals surface area contributed by atoms with Crippen LogP contribution in [-0.2, 0) is 50.0 Å². The van der Waals surface area contributed by atoms with E-state index >= 15 is 0 Å². The Morgan fingerprint density at radius 1 is 0.365 bits per heavy atom. The summed E-state index contributed by atoms with van der Waals surface area (Å²) >= 11 is 8.88. The van der Waals surface area contributed by atoms with Gasteiger partial charge >= 0.3 is 17.9 Å². The van der Waals surface area contributed by atoms with Crippen molar-refractivity contribution in [2.24, 2.45) is 0 Å². The van der Waals surface area contributed by atoms with E-state index in [0.29, 0.717) is 28.8 Å². The Labute approximate surface area is 464 Å². The van der Waals surface area contributed by atoms with Crippen molar-refractivity contribution in [3.05, 3.63) is 89.5 Å². The Morgan fingerprint density at radius 2 is 0.608 bits per heavy atom. The zero-order valence-electron chi connectivity index (χ0n) is 46.5. The molecule has 11 heteroatoms. The lowest BCUT2D eigenvalue weighted by molar-refractivity contribution is -0.135. The smallest absolute Gasteiger partial charge is 0.313 e. The molecule has 0 aliphatic carbocycles. The van der Waals surface area contributed by atoms with Crippen molar-refractivity contribution in [2.45, 2.75) is 252 Å². The van der Waals surface area contributed by atoms with E-state index in [-0.39, 0.29) is 37.8 Å². The van der Waals surface area contributed by atoms with E-state index in [1.165, 1.54) is 226 Å².